The number of benzene rings is 2. The monoisotopic (exact) mass is 554 g/mol. The van der Waals surface area contributed by atoms with Gasteiger partial charge in [0, 0.05) is 5.56 Å². The number of imidazole rings is 2. The van der Waals surface area contributed by atoms with Gasteiger partial charge in [-0.25, -0.2) is 23.2 Å². The molecular formula is C34H46N6O+4. The van der Waals surface area contributed by atoms with Crippen LogP contribution in [0.3, 0.4) is 0 Å². The second kappa shape index (κ2) is 14.7. The zero-order valence-corrected chi connectivity index (χ0v) is 24.5. The summed E-state index contributed by atoms with van der Waals surface area (Å²) in [5, 5.41) is 9.23. The average Bonchev–Trinajstić information content (AvgIpc) is 3.75. The van der Waals surface area contributed by atoms with E-state index in [0.29, 0.717) is 0 Å². The van der Waals surface area contributed by atoms with Crippen LogP contribution >= 0.6 is 0 Å². The van der Waals surface area contributed by atoms with Crippen LogP contribution in [0.1, 0.15) is 67.7 Å². The molecule has 2 aromatic carbocycles. The van der Waals surface area contributed by atoms with Gasteiger partial charge < -0.3 is 5.11 Å². The van der Waals surface area contributed by atoms with Crippen LogP contribution in [0, 0.1) is 0 Å². The second-order valence-corrected chi connectivity index (χ2v) is 11.3. The number of nitrogens with zero attached hydrogens (tertiary/aromatic N) is 5. The number of rotatable bonds is 16. The zero-order chi connectivity index (χ0) is 28.3. The molecule has 0 spiro atoms. The van der Waals surface area contributed by atoms with E-state index in [1.54, 1.807) is 4.57 Å². The van der Waals surface area contributed by atoms with Crippen LogP contribution in [0.2, 0.25) is 0 Å². The van der Waals surface area contributed by atoms with Gasteiger partial charge in [0.05, 0.1) is 6.54 Å². The molecule has 2 N–H and O–H groups in total. The van der Waals surface area contributed by atoms with E-state index < -0.39 is 0 Å². The Balaban J connectivity index is 1.06. The van der Waals surface area contributed by atoms with Gasteiger partial charge in [-0.2, -0.15) is 0 Å². The summed E-state index contributed by atoms with van der Waals surface area (Å²) in [6.45, 7) is 6.90. The Morgan fingerprint density at radius 1 is 0.683 bits per heavy atom. The minimum atomic E-state index is 0.00260. The van der Waals surface area contributed by atoms with Crippen molar-refractivity contribution in [2.45, 2.75) is 78.4 Å². The third-order valence-corrected chi connectivity index (χ3v) is 7.79. The molecule has 3 heterocycles. The third kappa shape index (κ3) is 8.84. The van der Waals surface area contributed by atoms with E-state index in [4.69, 9.17) is 0 Å². The summed E-state index contributed by atoms with van der Waals surface area (Å²) in [6.07, 6.45) is 27.2. The first-order chi connectivity index (χ1) is 20.2. The molecule has 0 bridgehead atoms. The van der Waals surface area contributed by atoms with E-state index >= 15 is 0 Å². The first-order valence-corrected chi connectivity index (χ1v) is 15.2. The van der Waals surface area contributed by atoms with Crippen molar-refractivity contribution in [3.05, 3.63) is 121 Å². The van der Waals surface area contributed by atoms with Crippen molar-refractivity contribution in [2.24, 2.45) is 0 Å². The molecule has 4 aromatic rings. The lowest BCUT2D eigenvalue weighted by molar-refractivity contribution is -0.750. The van der Waals surface area contributed by atoms with Crippen LogP contribution in [0.15, 0.2) is 98.4 Å². The highest BCUT2D eigenvalue weighted by molar-refractivity contribution is 5.39. The number of hydrogen-bond donors (Lipinski definition) is 2. The quantitative estimate of drug-likeness (QED) is 0.162. The van der Waals surface area contributed by atoms with E-state index in [1.165, 1.54) is 72.2 Å². The highest BCUT2D eigenvalue weighted by atomic mass is 16.3. The van der Waals surface area contributed by atoms with Gasteiger partial charge in [-0.3, -0.25) is 0 Å². The Morgan fingerprint density at radius 2 is 1.24 bits per heavy atom. The van der Waals surface area contributed by atoms with Gasteiger partial charge >= 0.3 is 6.34 Å². The SMILES string of the molecule is CCCCCCCC[NH+]1C=C[N+](Cc2ccc(C[n+]3ccn(Cc4ccc(C[n+]5ccn(CO)c5)cc4)c3)cc2)=C1. The Morgan fingerprint density at radius 3 is 1.88 bits per heavy atom. The van der Waals surface area contributed by atoms with Crippen molar-refractivity contribution in [3.63, 3.8) is 0 Å². The number of aromatic nitrogens is 4. The number of hydrogen-bond acceptors (Lipinski definition) is 1. The van der Waals surface area contributed by atoms with E-state index in [2.05, 4.69) is 111 Å². The standard InChI is InChI=1S/C34H45N6O/c1-2-3-4-5-6-7-16-35-17-18-36(27-35)23-31-8-10-32(11-9-31)24-37-19-20-38(28-37)25-33-12-14-34(15-13-33)26-39-21-22-40(29-39)30-41/h8-15,17-22,27-29,41H,2-7,16,23-26,30H2,1H3/q+3/p+1. The molecular weight excluding hydrogens is 508 g/mol. The van der Waals surface area contributed by atoms with Gasteiger partial charge in [-0.05, 0) is 29.5 Å². The predicted octanol–water partition coefficient (Wildman–Crippen LogP) is 3.23. The highest BCUT2D eigenvalue weighted by Crippen LogP contribution is 2.09. The predicted molar refractivity (Wildman–Crippen MR) is 160 cm³/mol. The molecule has 7 nitrogen and oxygen atoms in total. The van der Waals surface area contributed by atoms with E-state index in [0.717, 1.165) is 26.2 Å². The van der Waals surface area contributed by atoms with E-state index in [9.17, 15) is 5.11 Å². The minimum absolute atomic E-state index is 0.00260. The van der Waals surface area contributed by atoms with Crippen molar-refractivity contribution in [2.75, 3.05) is 6.54 Å². The van der Waals surface area contributed by atoms with Gasteiger partial charge in [-0.1, -0.05) is 81.1 Å². The lowest BCUT2D eigenvalue weighted by Gasteiger charge is -2.03. The topological polar surface area (TPSA) is 45.3 Å². The molecule has 1 aliphatic heterocycles. The van der Waals surface area contributed by atoms with E-state index in [-0.39, 0.29) is 6.73 Å². The first kappa shape index (κ1) is 28.7. The Kier molecular flexibility index (Phi) is 10.3. The minimum Gasteiger partial charge on any atom is -0.358 e. The van der Waals surface area contributed by atoms with Gasteiger partial charge in [0.1, 0.15) is 44.4 Å². The molecule has 41 heavy (non-hydrogen) atoms. The summed E-state index contributed by atoms with van der Waals surface area (Å²) < 4.78 is 10.6. The molecule has 0 aliphatic carbocycles. The molecule has 0 saturated heterocycles. The smallest absolute Gasteiger partial charge is 0.335 e. The number of unbranched alkanes of at least 4 members (excludes halogenated alkanes) is 5. The van der Waals surface area contributed by atoms with Crippen molar-refractivity contribution in [1.82, 2.24) is 9.13 Å². The molecule has 0 radical (unpaired) electrons. The van der Waals surface area contributed by atoms with Crippen LogP contribution in [0.25, 0.3) is 0 Å². The van der Waals surface area contributed by atoms with Crippen LogP contribution in [-0.4, -0.2) is 31.7 Å². The Labute approximate surface area is 244 Å². The number of aliphatic hydroxyl groups is 1. The summed E-state index contributed by atoms with van der Waals surface area (Å²) in [5.74, 6) is 0. The molecule has 1 atom stereocenters. The number of nitrogens with one attached hydrogen (secondary N) is 1. The molecule has 2 aromatic heterocycles. The summed E-state index contributed by atoms with van der Waals surface area (Å²) >= 11 is 0. The maximum Gasteiger partial charge on any atom is 0.335 e. The lowest BCUT2D eigenvalue weighted by atomic mass is 10.1. The van der Waals surface area contributed by atoms with Gasteiger partial charge in [-0.15, -0.1) is 4.58 Å². The number of aliphatic hydroxyl groups excluding tert-OH is 1. The molecule has 214 valence electrons. The third-order valence-electron chi connectivity index (χ3n) is 7.79. The summed E-state index contributed by atoms with van der Waals surface area (Å²) in [5.41, 5.74) is 5.17. The van der Waals surface area contributed by atoms with Gasteiger partial charge in [0.15, 0.2) is 19.5 Å². The highest BCUT2D eigenvalue weighted by Gasteiger charge is 2.18. The molecule has 5 rings (SSSR count). The first-order valence-electron chi connectivity index (χ1n) is 15.2. The summed E-state index contributed by atoms with van der Waals surface area (Å²) in [4.78, 5) is 1.46. The average molecular weight is 555 g/mol. The molecule has 0 saturated carbocycles. The van der Waals surface area contributed by atoms with Crippen molar-refractivity contribution < 1.29 is 23.7 Å². The maximum absolute atomic E-state index is 9.23. The fourth-order valence-corrected chi connectivity index (χ4v) is 5.43. The van der Waals surface area contributed by atoms with Crippen LogP contribution in [0.4, 0.5) is 0 Å². The van der Waals surface area contributed by atoms with Crippen LogP contribution in [0.5, 0.6) is 0 Å². The molecule has 0 amide bonds. The van der Waals surface area contributed by atoms with Gasteiger partial charge in [0.2, 0.25) is 18.9 Å². The van der Waals surface area contributed by atoms with E-state index in [1.807, 2.05) is 18.7 Å². The number of quaternary nitrogens is 1. The van der Waals surface area contributed by atoms with Crippen LogP contribution < -0.4 is 14.0 Å². The fraction of sp³-hybridized carbons (Fsp3) is 0.382. The fourth-order valence-electron chi connectivity index (χ4n) is 5.43. The second-order valence-electron chi connectivity index (χ2n) is 11.3. The summed E-state index contributed by atoms with van der Waals surface area (Å²) in [7, 11) is 0. The molecule has 0 fully saturated rings. The zero-order valence-electron chi connectivity index (χ0n) is 24.5. The van der Waals surface area contributed by atoms with Gasteiger partial charge in [0.25, 0.3) is 0 Å². The Hall–Kier alpha value is -3.81. The largest absolute Gasteiger partial charge is 0.358 e. The maximum atomic E-state index is 9.23. The lowest BCUT2D eigenvalue weighted by Crippen LogP contribution is -3.05. The summed E-state index contributed by atoms with van der Waals surface area (Å²) in [6, 6.07) is 17.8. The molecule has 1 aliphatic rings. The van der Waals surface area contributed by atoms with Crippen molar-refractivity contribution in [3.8, 4) is 0 Å². The van der Waals surface area contributed by atoms with Crippen molar-refractivity contribution >= 4 is 6.34 Å². The van der Waals surface area contributed by atoms with Crippen LogP contribution in [-0.2, 0) is 32.9 Å². The Bertz CT molecular complexity index is 1410. The van der Waals surface area contributed by atoms with Crippen molar-refractivity contribution in [1.29, 1.82) is 0 Å². The normalized spacial score (nSPS) is 14.6. The molecule has 7 heteroatoms. The molecule has 1 unspecified atom stereocenters.